The molecule has 5 nitrogen and oxygen atoms in total. The van der Waals surface area contributed by atoms with Crippen molar-refractivity contribution in [3.05, 3.63) is 42.2 Å². The Bertz CT molecular complexity index is 642. The zero-order valence-electron chi connectivity index (χ0n) is 12.4. The molecule has 0 saturated heterocycles. The van der Waals surface area contributed by atoms with E-state index in [0.29, 0.717) is 11.4 Å². The van der Waals surface area contributed by atoms with E-state index in [4.69, 9.17) is 0 Å². The van der Waals surface area contributed by atoms with Gasteiger partial charge in [0.2, 0.25) is 5.91 Å². The number of aromatic nitrogens is 2. The van der Waals surface area contributed by atoms with Gasteiger partial charge in [0.15, 0.2) is 0 Å². The number of nitrogens with one attached hydrogen (secondary N) is 2. The van der Waals surface area contributed by atoms with Crippen LogP contribution in [0.2, 0.25) is 0 Å². The Balaban J connectivity index is 2.03. The molecule has 1 aromatic heterocycles. The van der Waals surface area contributed by atoms with Gasteiger partial charge >= 0.3 is 0 Å². The van der Waals surface area contributed by atoms with Crippen molar-refractivity contribution in [3.63, 3.8) is 0 Å². The molecule has 118 valence electrons. The summed E-state index contributed by atoms with van der Waals surface area (Å²) in [4.78, 5) is 11.1. The summed E-state index contributed by atoms with van der Waals surface area (Å²) in [5, 5.41) is 9.79. The molecule has 1 aromatic carbocycles. The smallest absolute Gasteiger partial charge is 0.257 e. The number of carbonyl (C=O) groups is 1. The second-order valence-corrected chi connectivity index (χ2v) is 5.01. The van der Waals surface area contributed by atoms with Gasteiger partial charge in [-0.2, -0.15) is 5.10 Å². The molecule has 2 aromatic rings. The average Bonchev–Trinajstić information content (AvgIpc) is 2.84. The first-order valence-corrected chi connectivity index (χ1v) is 6.88. The van der Waals surface area contributed by atoms with Crippen LogP contribution in [-0.2, 0) is 11.3 Å². The summed E-state index contributed by atoms with van der Waals surface area (Å²) in [6.45, 7) is 2.97. The molecular weight excluding hydrogens is 290 g/mol. The number of carbonyl (C=O) groups excluding carboxylic acids is 1. The van der Waals surface area contributed by atoms with Crippen molar-refractivity contribution in [1.29, 1.82) is 0 Å². The Morgan fingerprint density at radius 1 is 1.36 bits per heavy atom. The maximum atomic E-state index is 12.3. The SMILES string of the molecule is CC(=O)Nc1cccc([C@H](C)Nc2cnn(CC(F)F)c2)c1. The van der Waals surface area contributed by atoms with Crippen LogP contribution in [0, 0.1) is 0 Å². The molecule has 7 heteroatoms. The highest BCUT2D eigenvalue weighted by Crippen LogP contribution is 2.21. The predicted octanol–water partition coefficient (Wildman–Crippen LogP) is 3.28. The molecule has 0 aliphatic carbocycles. The van der Waals surface area contributed by atoms with Crippen molar-refractivity contribution < 1.29 is 13.6 Å². The van der Waals surface area contributed by atoms with Crippen LogP contribution in [0.5, 0.6) is 0 Å². The van der Waals surface area contributed by atoms with Gasteiger partial charge in [0, 0.05) is 24.8 Å². The van der Waals surface area contributed by atoms with E-state index < -0.39 is 13.0 Å². The first kappa shape index (κ1) is 15.9. The zero-order chi connectivity index (χ0) is 16.1. The van der Waals surface area contributed by atoms with E-state index >= 15 is 0 Å². The standard InChI is InChI=1S/C15H18F2N4O/c1-10(12-4-3-5-13(6-12)20-11(2)22)19-14-7-18-21(8-14)9-15(16)17/h3-8,10,15,19H,9H2,1-2H3,(H,20,22)/t10-/m0/s1. The van der Waals surface area contributed by atoms with Gasteiger partial charge in [-0.1, -0.05) is 12.1 Å². The Morgan fingerprint density at radius 2 is 2.14 bits per heavy atom. The van der Waals surface area contributed by atoms with Crippen LogP contribution in [-0.4, -0.2) is 22.1 Å². The average molecular weight is 308 g/mol. The van der Waals surface area contributed by atoms with Gasteiger partial charge in [-0.25, -0.2) is 8.78 Å². The highest BCUT2D eigenvalue weighted by Gasteiger charge is 2.10. The molecule has 0 spiro atoms. The topological polar surface area (TPSA) is 59.0 Å². The number of hydrogen-bond donors (Lipinski definition) is 2. The number of alkyl halides is 2. The van der Waals surface area contributed by atoms with Gasteiger partial charge in [0.05, 0.1) is 11.9 Å². The number of amides is 1. The second kappa shape index (κ2) is 7.02. The van der Waals surface area contributed by atoms with Crippen molar-refractivity contribution in [3.8, 4) is 0 Å². The van der Waals surface area contributed by atoms with E-state index in [9.17, 15) is 13.6 Å². The van der Waals surface area contributed by atoms with Crippen molar-refractivity contribution >= 4 is 17.3 Å². The summed E-state index contributed by atoms with van der Waals surface area (Å²) in [5.41, 5.74) is 2.35. The zero-order valence-corrected chi connectivity index (χ0v) is 12.4. The van der Waals surface area contributed by atoms with Crippen molar-refractivity contribution in [2.75, 3.05) is 10.6 Å². The summed E-state index contributed by atoms with van der Waals surface area (Å²) in [6.07, 6.45) is 0.621. The quantitative estimate of drug-likeness (QED) is 0.861. The number of anilines is 2. The fraction of sp³-hybridized carbons (Fsp3) is 0.333. The first-order chi connectivity index (χ1) is 10.4. The van der Waals surface area contributed by atoms with Crippen molar-refractivity contribution in [2.24, 2.45) is 0 Å². The minimum absolute atomic E-state index is 0.0575. The van der Waals surface area contributed by atoms with E-state index in [1.165, 1.54) is 17.8 Å². The summed E-state index contributed by atoms with van der Waals surface area (Å²) < 4.78 is 25.8. The monoisotopic (exact) mass is 308 g/mol. The summed E-state index contributed by atoms with van der Waals surface area (Å²) >= 11 is 0. The van der Waals surface area contributed by atoms with Gasteiger partial charge in [0.25, 0.3) is 6.43 Å². The normalized spacial score (nSPS) is 12.2. The molecule has 2 rings (SSSR count). The molecular formula is C15H18F2N4O. The van der Waals surface area contributed by atoms with Crippen LogP contribution in [0.25, 0.3) is 0 Å². The van der Waals surface area contributed by atoms with E-state index in [0.717, 1.165) is 5.56 Å². The van der Waals surface area contributed by atoms with Gasteiger partial charge in [-0.3, -0.25) is 9.48 Å². The lowest BCUT2D eigenvalue weighted by molar-refractivity contribution is -0.114. The third-order valence-corrected chi connectivity index (χ3v) is 3.05. The maximum absolute atomic E-state index is 12.3. The van der Waals surface area contributed by atoms with Gasteiger partial charge in [-0.05, 0) is 24.6 Å². The van der Waals surface area contributed by atoms with E-state index in [-0.39, 0.29) is 11.9 Å². The molecule has 1 amide bonds. The number of halogens is 2. The van der Waals surface area contributed by atoms with Crippen LogP contribution in [0.15, 0.2) is 36.7 Å². The molecule has 0 fully saturated rings. The molecule has 2 N–H and O–H groups in total. The number of benzene rings is 1. The maximum Gasteiger partial charge on any atom is 0.257 e. The fourth-order valence-electron chi connectivity index (χ4n) is 2.10. The van der Waals surface area contributed by atoms with Crippen LogP contribution in [0.1, 0.15) is 25.5 Å². The van der Waals surface area contributed by atoms with Gasteiger partial charge in [0.1, 0.15) is 6.54 Å². The van der Waals surface area contributed by atoms with E-state index in [2.05, 4.69) is 15.7 Å². The van der Waals surface area contributed by atoms with Gasteiger partial charge in [-0.15, -0.1) is 0 Å². The predicted molar refractivity (Wildman–Crippen MR) is 81.0 cm³/mol. The van der Waals surface area contributed by atoms with Crippen molar-refractivity contribution in [1.82, 2.24) is 9.78 Å². The number of rotatable bonds is 6. The van der Waals surface area contributed by atoms with E-state index in [1.54, 1.807) is 12.3 Å². The minimum atomic E-state index is -2.43. The van der Waals surface area contributed by atoms with E-state index in [1.807, 2.05) is 25.1 Å². The molecule has 0 unspecified atom stereocenters. The summed E-state index contributed by atoms with van der Waals surface area (Å²) in [5.74, 6) is -0.133. The summed E-state index contributed by atoms with van der Waals surface area (Å²) in [6, 6.07) is 7.38. The van der Waals surface area contributed by atoms with Crippen LogP contribution in [0.3, 0.4) is 0 Å². The van der Waals surface area contributed by atoms with Crippen molar-refractivity contribution in [2.45, 2.75) is 32.9 Å². The Morgan fingerprint density at radius 3 is 2.82 bits per heavy atom. The lowest BCUT2D eigenvalue weighted by Crippen LogP contribution is -2.09. The van der Waals surface area contributed by atoms with Crippen LogP contribution < -0.4 is 10.6 Å². The minimum Gasteiger partial charge on any atom is -0.376 e. The molecule has 0 saturated carbocycles. The Labute approximate surface area is 127 Å². The summed E-state index contributed by atoms with van der Waals surface area (Å²) in [7, 11) is 0. The fourth-order valence-corrected chi connectivity index (χ4v) is 2.10. The third-order valence-electron chi connectivity index (χ3n) is 3.05. The first-order valence-electron chi connectivity index (χ1n) is 6.88. The molecule has 0 bridgehead atoms. The molecule has 1 heterocycles. The highest BCUT2D eigenvalue weighted by molar-refractivity contribution is 5.88. The highest BCUT2D eigenvalue weighted by atomic mass is 19.3. The molecule has 22 heavy (non-hydrogen) atoms. The number of nitrogens with zero attached hydrogens (tertiary/aromatic N) is 2. The Kier molecular flexibility index (Phi) is 5.08. The van der Waals surface area contributed by atoms with Crippen LogP contribution in [0.4, 0.5) is 20.2 Å². The largest absolute Gasteiger partial charge is 0.376 e. The van der Waals surface area contributed by atoms with Gasteiger partial charge < -0.3 is 10.6 Å². The lowest BCUT2D eigenvalue weighted by atomic mass is 10.1. The molecule has 1 atom stereocenters. The Hall–Kier alpha value is -2.44. The lowest BCUT2D eigenvalue weighted by Gasteiger charge is -2.15. The molecule has 0 radical (unpaired) electrons. The number of hydrogen-bond acceptors (Lipinski definition) is 3. The second-order valence-electron chi connectivity index (χ2n) is 5.01. The molecule has 0 aliphatic rings. The van der Waals surface area contributed by atoms with Crippen LogP contribution >= 0.6 is 0 Å². The third kappa shape index (κ3) is 4.54. The molecule has 0 aliphatic heterocycles.